The highest BCUT2D eigenvalue weighted by Crippen LogP contribution is 2.22. The van der Waals surface area contributed by atoms with E-state index in [0.717, 1.165) is 24.3 Å². The number of ether oxygens (including phenoxy) is 2. The van der Waals surface area contributed by atoms with Crippen molar-refractivity contribution >= 4 is 11.6 Å². The molecule has 22 heavy (non-hydrogen) atoms. The summed E-state index contributed by atoms with van der Waals surface area (Å²) in [6.07, 6.45) is 2.63. The van der Waals surface area contributed by atoms with Gasteiger partial charge in [0.15, 0.2) is 0 Å². The molecule has 1 rings (SSSR count). The topological polar surface area (TPSA) is 47.6 Å². The minimum atomic E-state index is -0.780. The molecule has 0 aliphatic rings. The van der Waals surface area contributed by atoms with Crippen LogP contribution >= 0.6 is 0 Å². The molecule has 1 atom stereocenters. The number of benzene rings is 1. The van der Waals surface area contributed by atoms with Gasteiger partial charge < -0.3 is 14.8 Å². The normalized spacial score (nSPS) is 13.7. The summed E-state index contributed by atoms with van der Waals surface area (Å²) < 4.78 is 11.4. The van der Waals surface area contributed by atoms with E-state index in [-0.39, 0.29) is 12.0 Å². The molecule has 0 saturated heterocycles. The van der Waals surface area contributed by atoms with Gasteiger partial charge in [-0.2, -0.15) is 0 Å². The van der Waals surface area contributed by atoms with Crippen LogP contribution in [0.5, 0.6) is 5.75 Å². The highest BCUT2D eigenvalue weighted by Gasteiger charge is 2.33. The van der Waals surface area contributed by atoms with E-state index in [9.17, 15) is 4.79 Å². The Morgan fingerprint density at radius 2 is 1.82 bits per heavy atom. The Morgan fingerprint density at radius 1 is 1.18 bits per heavy atom. The Labute approximate surface area is 134 Å². The fourth-order valence-electron chi connectivity index (χ4n) is 2.21. The molecule has 0 heterocycles. The molecular weight excluding hydrogens is 278 g/mol. The first-order chi connectivity index (χ1) is 10.4. The second kappa shape index (κ2) is 8.79. The molecule has 0 aromatic heterocycles. The lowest BCUT2D eigenvalue weighted by Crippen LogP contribution is -2.43. The molecule has 0 fully saturated rings. The molecule has 124 valence electrons. The molecule has 0 bridgehead atoms. The molecule has 0 unspecified atom stereocenters. The van der Waals surface area contributed by atoms with E-state index in [4.69, 9.17) is 9.47 Å². The van der Waals surface area contributed by atoms with Crippen LogP contribution in [0.15, 0.2) is 24.3 Å². The Morgan fingerprint density at radius 3 is 2.32 bits per heavy atom. The Balaban J connectivity index is 2.72. The van der Waals surface area contributed by atoms with Crippen LogP contribution in [-0.4, -0.2) is 24.2 Å². The third kappa shape index (κ3) is 5.68. The smallest absolute Gasteiger partial charge is 0.256 e. The van der Waals surface area contributed by atoms with Gasteiger partial charge in [-0.1, -0.05) is 20.3 Å². The average molecular weight is 307 g/mol. The molecular formula is C18H29NO3. The number of rotatable bonds is 9. The fraction of sp³-hybridized carbons (Fsp3) is 0.611. The van der Waals surface area contributed by atoms with Crippen molar-refractivity contribution in [3.05, 3.63) is 24.3 Å². The zero-order chi connectivity index (χ0) is 16.6. The lowest BCUT2D eigenvalue weighted by molar-refractivity contribution is -0.140. The molecule has 1 aromatic rings. The molecule has 0 radical (unpaired) electrons. The second-order valence-corrected chi connectivity index (χ2v) is 5.97. The lowest BCUT2D eigenvalue weighted by Gasteiger charge is -2.28. The Kier molecular flexibility index (Phi) is 7.39. The molecule has 1 N–H and O–H groups in total. The SMILES string of the molecule is CCCO[C@@](C)(CCC)C(=O)Nc1ccc(OC(C)C)cc1. The first-order valence-electron chi connectivity index (χ1n) is 8.13. The van der Waals surface area contributed by atoms with Gasteiger partial charge in [-0.15, -0.1) is 0 Å². The van der Waals surface area contributed by atoms with Gasteiger partial charge in [0.25, 0.3) is 5.91 Å². The van der Waals surface area contributed by atoms with Gasteiger partial charge in [-0.05, 0) is 57.9 Å². The molecule has 1 aromatic carbocycles. The first-order valence-corrected chi connectivity index (χ1v) is 8.13. The summed E-state index contributed by atoms with van der Waals surface area (Å²) >= 11 is 0. The monoisotopic (exact) mass is 307 g/mol. The van der Waals surface area contributed by atoms with E-state index in [1.807, 2.05) is 52.0 Å². The third-order valence-corrected chi connectivity index (χ3v) is 3.32. The number of nitrogens with one attached hydrogen (secondary N) is 1. The summed E-state index contributed by atoms with van der Waals surface area (Å²) in [5.41, 5.74) is -0.0266. The maximum Gasteiger partial charge on any atom is 0.256 e. The van der Waals surface area contributed by atoms with E-state index in [1.54, 1.807) is 0 Å². The van der Waals surface area contributed by atoms with Crippen molar-refractivity contribution in [3.8, 4) is 5.75 Å². The quantitative estimate of drug-likeness (QED) is 0.735. The summed E-state index contributed by atoms with van der Waals surface area (Å²) in [5.74, 6) is 0.701. The van der Waals surface area contributed by atoms with E-state index in [0.29, 0.717) is 13.0 Å². The predicted molar refractivity (Wildman–Crippen MR) is 90.4 cm³/mol. The van der Waals surface area contributed by atoms with Crippen LogP contribution in [0.25, 0.3) is 0 Å². The van der Waals surface area contributed by atoms with Crippen LogP contribution in [0, 0.1) is 0 Å². The van der Waals surface area contributed by atoms with Gasteiger partial charge >= 0.3 is 0 Å². The largest absolute Gasteiger partial charge is 0.491 e. The van der Waals surface area contributed by atoms with Gasteiger partial charge in [-0.25, -0.2) is 0 Å². The van der Waals surface area contributed by atoms with Crippen molar-refractivity contribution in [3.63, 3.8) is 0 Å². The van der Waals surface area contributed by atoms with Gasteiger partial charge in [-0.3, -0.25) is 4.79 Å². The average Bonchev–Trinajstić information content (AvgIpc) is 2.47. The molecule has 0 aliphatic heterocycles. The number of anilines is 1. The van der Waals surface area contributed by atoms with Crippen LogP contribution in [-0.2, 0) is 9.53 Å². The molecule has 0 spiro atoms. The van der Waals surface area contributed by atoms with Crippen molar-refractivity contribution in [2.45, 2.75) is 65.6 Å². The van der Waals surface area contributed by atoms with E-state index in [1.165, 1.54) is 0 Å². The number of carbonyl (C=O) groups excluding carboxylic acids is 1. The lowest BCUT2D eigenvalue weighted by atomic mass is 9.99. The maximum absolute atomic E-state index is 12.5. The molecule has 0 saturated carbocycles. The Hall–Kier alpha value is -1.55. The number of hydrogen-bond donors (Lipinski definition) is 1. The van der Waals surface area contributed by atoms with Crippen molar-refractivity contribution in [1.82, 2.24) is 0 Å². The van der Waals surface area contributed by atoms with Gasteiger partial charge in [0, 0.05) is 12.3 Å². The zero-order valence-electron chi connectivity index (χ0n) is 14.4. The van der Waals surface area contributed by atoms with E-state index >= 15 is 0 Å². The van der Waals surface area contributed by atoms with Gasteiger partial charge in [0.2, 0.25) is 0 Å². The summed E-state index contributed by atoms with van der Waals surface area (Å²) in [4.78, 5) is 12.5. The van der Waals surface area contributed by atoms with Crippen molar-refractivity contribution in [2.24, 2.45) is 0 Å². The van der Waals surface area contributed by atoms with E-state index in [2.05, 4.69) is 12.2 Å². The Bertz CT molecular complexity index is 456. The highest BCUT2D eigenvalue weighted by molar-refractivity contribution is 5.97. The van der Waals surface area contributed by atoms with Crippen molar-refractivity contribution < 1.29 is 14.3 Å². The molecule has 4 nitrogen and oxygen atoms in total. The standard InChI is InChI=1S/C18H29NO3/c1-6-12-18(5,21-13-7-2)17(20)19-15-8-10-16(11-9-15)22-14(3)4/h8-11,14H,6-7,12-13H2,1-5H3,(H,19,20)/t18-/m0/s1. The molecule has 4 heteroatoms. The number of carbonyl (C=O) groups is 1. The second-order valence-electron chi connectivity index (χ2n) is 5.97. The maximum atomic E-state index is 12.5. The van der Waals surface area contributed by atoms with E-state index < -0.39 is 5.60 Å². The predicted octanol–water partition coefficient (Wildman–Crippen LogP) is 4.40. The molecule has 1 amide bonds. The number of amides is 1. The van der Waals surface area contributed by atoms with Crippen LogP contribution in [0.2, 0.25) is 0 Å². The third-order valence-electron chi connectivity index (χ3n) is 3.32. The molecule has 0 aliphatic carbocycles. The summed E-state index contributed by atoms with van der Waals surface area (Å²) in [6.45, 7) is 10.5. The summed E-state index contributed by atoms with van der Waals surface area (Å²) in [5, 5.41) is 2.94. The first kappa shape index (κ1) is 18.5. The van der Waals surface area contributed by atoms with Crippen LogP contribution in [0.1, 0.15) is 53.9 Å². The van der Waals surface area contributed by atoms with Crippen molar-refractivity contribution in [1.29, 1.82) is 0 Å². The number of hydrogen-bond acceptors (Lipinski definition) is 3. The van der Waals surface area contributed by atoms with Crippen LogP contribution in [0.4, 0.5) is 5.69 Å². The van der Waals surface area contributed by atoms with Crippen LogP contribution in [0.3, 0.4) is 0 Å². The summed E-state index contributed by atoms with van der Waals surface area (Å²) in [6, 6.07) is 7.42. The zero-order valence-corrected chi connectivity index (χ0v) is 14.4. The van der Waals surface area contributed by atoms with Gasteiger partial charge in [0.1, 0.15) is 11.4 Å². The highest BCUT2D eigenvalue weighted by atomic mass is 16.5. The van der Waals surface area contributed by atoms with Gasteiger partial charge in [0.05, 0.1) is 6.10 Å². The minimum absolute atomic E-state index is 0.0969. The van der Waals surface area contributed by atoms with Crippen LogP contribution < -0.4 is 10.1 Å². The van der Waals surface area contributed by atoms with Crippen molar-refractivity contribution in [2.75, 3.05) is 11.9 Å². The minimum Gasteiger partial charge on any atom is -0.491 e. The fourth-order valence-corrected chi connectivity index (χ4v) is 2.21. The summed E-state index contributed by atoms with van der Waals surface area (Å²) in [7, 11) is 0.